The van der Waals surface area contributed by atoms with Gasteiger partial charge in [0.1, 0.15) is 17.0 Å². The van der Waals surface area contributed by atoms with Crippen LogP contribution in [-0.2, 0) is 28.6 Å². The van der Waals surface area contributed by atoms with E-state index in [1.165, 1.54) is 0 Å². The summed E-state index contributed by atoms with van der Waals surface area (Å²) in [5.41, 5.74) is 2.12. The number of aromatic amines is 1. The largest absolute Gasteiger partial charge is 0.616 e. The van der Waals surface area contributed by atoms with Gasteiger partial charge in [-0.15, -0.1) is 0 Å². The second-order valence-corrected chi connectivity index (χ2v) is 11.7. The van der Waals surface area contributed by atoms with E-state index in [4.69, 9.17) is 19.1 Å². The minimum absolute atomic E-state index is 0.177. The Morgan fingerprint density at radius 3 is 2.60 bits per heavy atom. The third-order valence-corrected chi connectivity index (χ3v) is 8.71. The smallest absolute Gasteiger partial charge is 0.416 e. The van der Waals surface area contributed by atoms with Crippen LogP contribution in [0, 0.1) is 0 Å². The minimum Gasteiger partial charge on any atom is -0.616 e. The van der Waals surface area contributed by atoms with Gasteiger partial charge in [0, 0.05) is 61.6 Å². The van der Waals surface area contributed by atoms with Gasteiger partial charge in [0.05, 0.1) is 24.2 Å². The van der Waals surface area contributed by atoms with Crippen LogP contribution < -0.4 is 4.90 Å². The van der Waals surface area contributed by atoms with Gasteiger partial charge in [-0.05, 0) is 29.8 Å². The van der Waals surface area contributed by atoms with Crippen molar-refractivity contribution in [2.75, 3.05) is 55.8 Å². The molecule has 40 heavy (non-hydrogen) atoms. The van der Waals surface area contributed by atoms with Crippen molar-refractivity contribution in [3.05, 3.63) is 47.8 Å². The summed E-state index contributed by atoms with van der Waals surface area (Å²) in [5.74, 6) is 1.97. The van der Waals surface area contributed by atoms with E-state index in [2.05, 4.69) is 14.9 Å². The standard InChI is InChI=1S/C27H25F3N6O3S/c28-27(29,30)17-12-19(18-1-2-31-21(18)13-17)24-33-22-20-11-16(15-35-5-9-40(37)10-6-35)14-32-26(20)39-23(22)25(34-24)36-3-7-38-8-4-36/h1-2,11-14,31H,3-10,15H2. The number of nitrogens with one attached hydrogen (secondary N) is 1. The lowest BCUT2D eigenvalue weighted by molar-refractivity contribution is -0.137. The summed E-state index contributed by atoms with van der Waals surface area (Å²) in [6, 6.07) is 5.90. The van der Waals surface area contributed by atoms with Gasteiger partial charge in [-0.1, -0.05) is 11.2 Å². The minimum atomic E-state index is -4.53. The van der Waals surface area contributed by atoms with Gasteiger partial charge in [0.2, 0.25) is 5.71 Å². The molecule has 1 N–H and O–H groups in total. The van der Waals surface area contributed by atoms with Crippen molar-refractivity contribution >= 4 is 50.1 Å². The Morgan fingerprint density at radius 2 is 1.82 bits per heavy atom. The molecule has 2 saturated heterocycles. The van der Waals surface area contributed by atoms with Crippen molar-refractivity contribution in [3.8, 4) is 11.4 Å². The van der Waals surface area contributed by atoms with Gasteiger partial charge in [-0.25, -0.2) is 15.0 Å². The number of hydrogen-bond donors (Lipinski definition) is 1. The van der Waals surface area contributed by atoms with E-state index in [0.29, 0.717) is 83.3 Å². The zero-order valence-corrected chi connectivity index (χ0v) is 22.1. The lowest BCUT2D eigenvalue weighted by Gasteiger charge is -2.28. The SMILES string of the molecule is [O-][S+]1CCN(Cc2cnc3oc4c(N5CCOCC5)nc(-c5cc(C(F)(F)F)cc6[nH]ccc56)nc4c3c2)CC1. The highest BCUT2D eigenvalue weighted by molar-refractivity contribution is 7.91. The van der Waals surface area contributed by atoms with Gasteiger partial charge < -0.3 is 23.6 Å². The van der Waals surface area contributed by atoms with Crippen molar-refractivity contribution in [2.45, 2.75) is 12.7 Å². The predicted octanol–water partition coefficient (Wildman–Crippen LogP) is 4.34. The number of hydrogen-bond acceptors (Lipinski definition) is 8. The van der Waals surface area contributed by atoms with Crippen LogP contribution in [0.4, 0.5) is 19.0 Å². The molecule has 5 aromatic rings. The number of alkyl halides is 3. The molecule has 2 aliphatic rings. The molecule has 0 unspecified atom stereocenters. The fourth-order valence-corrected chi connectivity index (χ4v) is 6.49. The average molecular weight is 571 g/mol. The summed E-state index contributed by atoms with van der Waals surface area (Å²) in [4.78, 5) is 21.3. The lowest BCUT2D eigenvalue weighted by Crippen LogP contribution is -2.39. The van der Waals surface area contributed by atoms with Crippen LogP contribution in [0.15, 0.2) is 41.1 Å². The molecule has 0 bridgehead atoms. The Kier molecular flexibility index (Phi) is 6.33. The number of rotatable bonds is 4. The number of benzene rings is 1. The normalized spacial score (nSPS) is 17.9. The molecule has 0 spiro atoms. The van der Waals surface area contributed by atoms with E-state index in [1.807, 2.05) is 11.0 Å². The van der Waals surface area contributed by atoms with Crippen LogP contribution in [0.3, 0.4) is 0 Å². The highest BCUT2D eigenvalue weighted by Crippen LogP contribution is 2.39. The molecular formula is C27H25F3N6O3S. The van der Waals surface area contributed by atoms with Crippen molar-refractivity contribution in [1.29, 1.82) is 0 Å². The first-order valence-electron chi connectivity index (χ1n) is 13.0. The summed E-state index contributed by atoms with van der Waals surface area (Å²) < 4.78 is 65.0. The molecule has 0 amide bonds. The van der Waals surface area contributed by atoms with Crippen molar-refractivity contribution in [3.63, 3.8) is 0 Å². The maximum atomic E-state index is 13.8. The third-order valence-electron chi connectivity index (χ3n) is 7.43. The number of fused-ring (bicyclic) bond motifs is 4. The Balaban J connectivity index is 1.40. The average Bonchev–Trinajstić information content (AvgIpc) is 3.58. The Morgan fingerprint density at radius 1 is 1.02 bits per heavy atom. The number of furan rings is 1. The molecule has 13 heteroatoms. The fourth-order valence-electron chi connectivity index (χ4n) is 5.36. The van der Waals surface area contributed by atoms with E-state index >= 15 is 0 Å². The number of H-pyrrole nitrogens is 1. The summed E-state index contributed by atoms with van der Waals surface area (Å²) in [7, 11) is 0. The van der Waals surface area contributed by atoms with Crippen LogP contribution in [0.2, 0.25) is 0 Å². The monoisotopic (exact) mass is 570 g/mol. The summed E-state index contributed by atoms with van der Waals surface area (Å²) in [6.07, 6.45) is -1.17. The molecule has 6 heterocycles. The lowest BCUT2D eigenvalue weighted by atomic mass is 10.0. The molecule has 0 radical (unpaired) electrons. The molecular weight excluding hydrogens is 545 g/mol. The van der Waals surface area contributed by atoms with Crippen LogP contribution in [0.25, 0.3) is 44.5 Å². The Hall–Kier alpha value is -3.39. The van der Waals surface area contributed by atoms with Gasteiger partial charge >= 0.3 is 6.18 Å². The summed E-state index contributed by atoms with van der Waals surface area (Å²) in [6.45, 7) is 4.22. The molecule has 1 aromatic carbocycles. The molecule has 0 aliphatic carbocycles. The first-order chi connectivity index (χ1) is 19.3. The molecule has 0 atom stereocenters. The molecule has 208 valence electrons. The van der Waals surface area contributed by atoms with Gasteiger partial charge in [-0.3, -0.25) is 4.90 Å². The topological polar surface area (TPSA) is 106 Å². The van der Waals surface area contributed by atoms with E-state index in [-0.39, 0.29) is 11.4 Å². The van der Waals surface area contributed by atoms with E-state index in [1.54, 1.807) is 18.5 Å². The van der Waals surface area contributed by atoms with Crippen LogP contribution in [-0.4, -0.2) is 80.3 Å². The number of nitrogens with zero attached hydrogens (tertiary/aromatic N) is 5. The fraction of sp³-hybridized carbons (Fsp3) is 0.370. The molecule has 2 fully saturated rings. The van der Waals surface area contributed by atoms with Crippen LogP contribution in [0.1, 0.15) is 11.1 Å². The number of halogens is 3. The molecule has 7 rings (SSSR count). The maximum absolute atomic E-state index is 13.8. The van der Waals surface area contributed by atoms with Gasteiger partial charge in [-0.2, -0.15) is 13.2 Å². The van der Waals surface area contributed by atoms with Crippen molar-refractivity contribution < 1.29 is 26.9 Å². The van der Waals surface area contributed by atoms with Crippen LogP contribution in [0.5, 0.6) is 0 Å². The third kappa shape index (κ3) is 4.66. The first kappa shape index (κ1) is 25.6. The maximum Gasteiger partial charge on any atom is 0.416 e. The van der Waals surface area contributed by atoms with E-state index in [9.17, 15) is 17.7 Å². The summed E-state index contributed by atoms with van der Waals surface area (Å²) >= 11 is -0.770. The summed E-state index contributed by atoms with van der Waals surface area (Å²) in [5, 5.41) is 1.26. The first-order valence-corrected chi connectivity index (χ1v) is 14.5. The Bertz CT molecular complexity index is 1710. The molecule has 9 nitrogen and oxygen atoms in total. The number of pyridine rings is 1. The number of morpholine rings is 1. The zero-order valence-electron chi connectivity index (χ0n) is 21.3. The highest BCUT2D eigenvalue weighted by atomic mass is 32.2. The highest BCUT2D eigenvalue weighted by Gasteiger charge is 2.32. The van der Waals surface area contributed by atoms with Gasteiger partial charge in [0.25, 0.3) is 0 Å². The zero-order chi connectivity index (χ0) is 27.4. The predicted molar refractivity (Wildman–Crippen MR) is 146 cm³/mol. The number of ether oxygens (including phenoxy) is 1. The molecule has 0 saturated carbocycles. The second-order valence-electron chi connectivity index (χ2n) is 10.0. The van der Waals surface area contributed by atoms with Crippen molar-refractivity contribution in [2.24, 2.45) is 0 Å². The van der Waals surface area contributed by atoms with Gasteiger partial charge in [0.15, 0.2) is 17.2 Å². The van der Waals surface area contributed by atoms with Crippen LogP contribution >= 0.6 is 0 Å². The molecule has 2 aliphatic heterocycles. The van der Waals surface area contributed by atoms with Crippen molar-refractivity contribution in [1.82, 2.24) is 24.8 Å². The number of anilines is 1. The quantitative estimate of drug-likeness (QED) is 0.318. The van der Waals surface area contributed by atoms with E-state index < -0.39 is 22.9 Å². The number of aromatic nitrogens is 4. The van der Waals surface area contributed by atoms with E-state index in [0.717, 1.165) is 30.8 Å². The second kappa shape index (κ2) is 9.91. The Labute approximate surface area is 229 Å². The molecule has 4 aromatic heterocycles.